The lowest BCUT2D eigenvalue weighted by Crippen LogP contribution is -2.26. The molecule has 5 nitrogen and oxygen atoms in total. The fraction of sp³-hybridized carbons (Fsp3) is 0.273. The third-order valence-corrected chi connectivity index (χ3v) is 5.04. The summed E-state index contributed by atoms with van der Waals surface area (Å²) in [5.74, 6) is -0.628. The number of carbonyl (C=O) groups is 1. The van der Waals surface area contributed by atoms with Gasteiger partial charge in [-0.25, -0.2) is 0 Å². The van der Waals surface area contributed by atoms with E-state index in [0.29, 0.717) is 29.5 Å². The summed E-state index contributed by atoms with van der Waals surface area (Å²) >= 11 is 5.69. The normalized spacial score (nSPS) is 11.8. The Morgan fingerprint density at radius 2 is 1.87 bits per heavy atom. The van der Waals surface area contributed by atoms with Gasteiger partial charge in [0.05, 0.1) is 12.0 Å². The number of hydrogen-bond acceptors (Lipinski definition) is 3. The van der Waals surface area contributed by atoms with E-state index in [-0.39, 0.29) is 16.1 Å². The standard InChI is InChI=1S/C22H21ClF3N3O2/c1-28(2)10-11-29-9-8-16-17(21(29)31)4-3-5-19(16)27-20(30)12-14-6-7-15(23)13-18(14)22(24,25)26/h3-9,13H,10-12H2,1-2H3,(H,27,30). The Labute approximate surface area is 182 Å². The molecule has 164 valence electrons. The van der Waals surface area contributed by atoms with Crippen molar-refractivity contribution in [3.63, 3.8) is 0 Å². The van der Waals surface area contributed by atoms with Crippen LogP contribution in [0, 0.1) is 0 Å². The zero-order valence-corrected chi connectivity index (χ0v) is 17.7. The molecule has 3 aromatic rings. The lowest BCUT2D eigenvalue weighted by atomic mass is 10.0. The maximum atomic E-state index is 13.3. The summed E-state index contributed by atoms with van der Waals surface area (Å²) in [5, 5.41) is 3.51. The van der Waals surface area contributed by atoms with Crippen molar-refractivity contribution in [2.24, 2.45) is 0 Å². The maximum absolute atomic E-state index is 13.3. The van der Waals surface area contributed by atoms with Gasteiger partial charge in [0.1, 0.15) is 0 Å². The van der Waals surface area contributed by atoms with Gasteiger partial charge >= 0.3 is 6.18 Å². The molecule has 0 unspecified atom stereocenters. The summed E-state index contributed by atoms with van der Waals surface area (Å²) in [6.07, 6.45) is -3.47. The van der Waals surface area contributed by atoms with Gasteiger partial charge in [0.2, 0.25) is 5.91 Å². The molecule has 0 bridgehead atoms. The molecule has 0 aliphatic rings. The zero-order chi connectivity index (χ0) is 22.8. The van der Waals surface area contributed by atoms with Crippen LogP contribution >= 0.6 is 11.6 Å². The molecule has 3 rings (SSSR count). The molecule has 1 N–H and O–H groups in total. The molecule has 1 heterocycles. The highest BCUT2D eigenvalue weighted by atomic mass is 35.5. The highest BCUT2D eigenvalue weighted by Crippen LogP contribution is 2.34. The van der Waals surface area contributed by atoms with E-state index < -0.39 is 24.1 Å². The number of alkyl halides is 3. The number of pyridine rings is 1. The van der Waals surface area contributed by atoms with E-state index in [1.54, 1.807) is 35.0 Å². The first-order valence-electron chi connectivity index (χ1n) is 9.48. The van der Waals surface area contributed by atoms with E-state index in [4.69, 9.17) is 11.6 Å². The van der Waals surface area contributed by atoms with Crippen molar-refractivity contribution in [1.82, 2.24) is 9.47 Å². The molecule has 0 aliphatic carbocycles. The summed E-state index contributed by atoms with van der Waals surface area (Å²) in [7, 11) is 3.81. The first-order chi connectivity index (χ1) is 14.6. The number of carbonyl (C=O) groups excluding carboxylic acids is 1. The Bertz CT molecular complexity index is 1170. The van der Waals surface area contributed by atoms with Crippen molar-refractivity contribution in [3.8, 4) is 0 Å². The Kier molecular flexibility index (Phi) is 6.71. The molecule has 0 saturated carbocycles. The Balaban J connectivity index is 1.87. The third kappa shape index (κ3) is 5.45. The van der Waals surface area contributed by atoms with Crippen LogP contribution in [0.25, 0.3) is 10.8 Å². The van der Waals surface area contributed by atoms with E-state index >= 15 is 0 Å². The predicted molar refractivity (Wildman–Crippen MR) is 116 cm³/mol. The van der Waals surface area contributed by atoms with Crippen molar-refractivity contribution >= 4 is 34.0 Å². The third-order valence-electron chi connectivity index (χ3n) is 4.81. The molecule has 0 atom stereocenters. The van der Waals surface area contributed by atoms with Gasteiger partial charge in [-0.05, 0) is 50.0 Å². The number of halogens is 4. The number of anilines is 1. The van der Waals surface area contributed by atoms with Crippen molar-refractivity contribution in [3.05, 3.63) is 75.2 Å². The molecule has 1 aromatic heterocycles. The molecule has 0 saturated heterocycles. The number of fused-ring (bicyclic) bond motifs is 1. The van der Waals surface area contributed by atoms with Crippen LogP contribution in [0.15, 0.2) is 53.5 Å². The SMILES string of the molecule is CN(C)CCn1ccc2c(NC(=O)Cc3ccc(Cl)cc3C(F)(F)F)cccc2c1=O. The summed E-state index contributed by atoms with van der Waals surface area (Å²) in [5.41, 5.74) is -0.966. The van der Waals surface area contributed by atoms with Gasteiger partial charge in [0.25, 0.3) is 5.56 Å². The summed E-state index contributed by atoms with van der Waals surface area (Å²) in [6, 6.07) is 9.91. The second-order valence-corrected chi connectivity index (χ2v) is 7.84. The number of nitrogens with zero attached hydrogens (tertiary/aromatic N) is 2. The monoisotopic (exact) mass is 451 g/mol. The topological polar surface area (TPSA) is 54.3 Å². The second-order valence-electron chi connectivity index (χ2n) is 7.41. The number of hydrogen-bond donors (Lipinski definition) is 1. The van der Waals surface area contributed by atoms with Crippen LogP contribution in [0.2, 0.25) is 5.02 Å². The Hall–Kier alpha value is -2.84. The van der Waals surface area contributed by atoms with E-state index in [2.05, 4.69) is 5.32 Å². The Morgan fingerprint density at radius 3 is 2.55 bits per heavy atom. The van der Waals surface area contributed by atoms with Crippen molar-refractivity contribution in [1.29, 1.82) is 0 Å². The van der Waals surface area contributed by atoms with Crippen LogP contribution in [0.5, 0.6) is 0 Å². The molecule has 2 aromatic carbocycles. The molecular weight excluding hydrogens is 431 g/mol. The Morgan fingerprint density at radius 1 is 1.13 bits per heavy atom. The smallest absolute Gasteiger partial charge is 0.325 e. The van der Waals surface area contributed by atoms with Gasteiger partial charge in [-0.2, -0.15) is 13.2 Å². The summed E-state index contributed by atoms with van der Waals surface area (Å²) < 4.78 is 41.4. The van der Waals surface area contributed by atoms with Crippen molar-refractivity contribution in [2.45, 2.75) is 19.1 Å². The molecule has 1 amide bonds. The first kappa shape index (κ1) is 22.8. The predicted octanol–water partition coefficient (Wildman–Crippen LogP) is 4.42. The number of aromatic nitrogens is 1. The van der Waals surface area contributed by atoms with Gasteiger partial charge in [-0.1, -0.05) is 23.7 Å². The number of nitrogens with one attached hydrogen (secondary N) is 1. The molecule has 0 fully saturated rings. The number of amides is 1. The van der Waals surface area contributed by atoms with E-state index in [1.165, 1.54) is 12.1 Å². The van der Waals surface area contributed by atoms with Crippen LogP contribution in [-0.2, 0) is 23.9 Å². The molecule has 0 radical (unpaired) electrons. The molecule has 31 heavy (non-hydrogen) atoms. The van der Waals surface area contributed by atoms with Gasteiger partial charge in [-0.15, -0.1) is 0 Å². The van der Waals surface area contributed by atoms with Crippen molar-refractivity contribution < 1.29 is 18.0 Å². The largest absolute Gasteiger partial charge is 0.416 e. The fourth-order valence-electron chi connectivity index (χ4n) is 3.25. The quantitative estimate of drug-likeness (QED) is 0.603. The minimum atomic E-state index is -4.63. The summed E-state index contributed by atoms with van der Waals surface area (Å²) in [6.45, 7) is 1.19. The second kappa shape index (κ2) is 9.11. The number of likely N-dealkylation sites (N-methyl/N-ethyl adjacent to an activating group) is 1. The molecule has 0 aliphatic heterocycles. The highest BCUT2D eigenvalue weighted by Gasteiger charge is 2.34. The lowest BCUT2D eigenvalue weighted by Gasteiger charge is -2.15. The van der Waals surface area contributed by atoms with Crippen LogP contribution in [-0.4, -0.2) is 36.0 Å². The highest BCUT2D eigenvalue weighted by molar-refractivity contribution is 6.30. The fourth-order valence-corrected chi connectivity index (χ4v) is 3.42. The molecule has 9 heteroatoms. The van der Waals surface area contributed by atoms with E-state index in [9.17, 15) is 22.8 Å². The van der Waals surface area contributed by atoms with Crippen LogP contribution in [0.1, 0.15) is 11.1 Å². The molecule has 0 spiro atoms. The van der Waals surface area contributed by atoms with Gasteiger partial charge in [-0.3, -0.25) is 9.59 Å². The van der Waals surface area contributed by atoms with E-state index in [0.717, 1.165) is 6.07 Å². The lowest BCUT2D eigenvalue weighted by molar-refractivity contribution is -0.138. The average Bonchev–Trinajstić information content (AvgIpc) is 2.68. The summed E-state index contributed by atoms with van der Waals surface area (Å²) in [4.78, 5) is 27.2. The van der Waals surface area contributed by atoms with Gasteiger partial charge < -0.3 is 14.8 Å². The average molecular weight is 452 g/mol. The van der Waals surface area contributed by atoms with Gasteiger partial charge in [0, 0.05) is 40.8 Å². The molecular formula is C22H21ClF3N3O2. The van der Waals surface area contributed by atoms with Crippen LogP contribution in [0.3, 0.4) is 0 Å². The van der Waals surface area contributed by atoms with Gasteiger partial charge in [0.15, 0.2) is 0 Å². The maximum Gasteiger partial charge on any atom is 0.416 e. The first-order valence-corrected chi connectivity index (χ1v) is 9.86. The minimum Gasteiger partial charge on any atom is -0.325 e. The number of rotatable bonds is 6. The van der Waals surface area contributed by atoms with Crippen molar-refractivity contribution in [2.75, 3.05) is 26.0 Å². The van der Waals surface area contributed by atoms with Crippen LogP contribution < -0.4 is 10.9 Å². The number of benzene rings is 2. The van der Waals surface area contributed by atoms with E-state index in [1.807, 2.05) is 19.0 Å². The van der Waals surface area contributed by atoms with Crippen LogP contribution in [0.4, 0.5) is 18.9 Å². The zero-order valence-electron chi connectivity index (χ0n) is 17.0. The minimum absolute atomic E-state index is 0.0592.